The monoisotopic (exact) mass is 268 g/mol. The number of benzene rings is 1. The molecule has 6 nitrogen and oxygen atoms in total. The number of hydrogen-bond donors (Lipinski definition) is 1. The van der Waals surface area contributed by atoms with E-state index in [-0.39, 0.29) is 13.0 Å². The number of para-hydroxylation sites is 2. The first-order valence-electron chi connectivity index (χ1n) is 5.66. The van der Waals surface area contributed by atoms with Crippen LogP contribution in [0.1, 0.15) is 6.42 Å². The molecule has 1 aromatic carbocycles. The largest absolute Gasteiger partial charge is 0.493 e. The van der Waals surface area contributed by atoms with Gasteiger partial charge in [0.2, 0.25) is 0 Å². The molecule has 0 bridgehead atoms. The molecule has 1 unspecified atom stereocenters. The smallest absolute Gasteiger partial charge is 0.320 e. The van der Waals surface area contributed by atoms with Gasteiger partial charge in [0, 0.05) is 6.42 Å². The average Bonchev–Trinajstić information content (AvgIpc) is 2.42. The normalized spacial score (nSPS) is 11.5. The minimum Gasteiger partial charge on any atom is -0.493 e. The Balaban J connectivity index is 2.57. The van der Waals surface area contributed by atoms with E-state index >= 15 is 0 Å². The number of carboxylic acid groups (broad SMARTS) is 1. The van der Waals surface area contributed by atoms with Crippen LogP contribution in [0, 0.1) is 5.92 Å². The zero-order valence-electron chi connectivity index (χ0n) is 10.8. The molecule has 104 valence electrons. The van der Waals surface area contributed by atoms with Crippen molar-refractivity contribution in [3.05, 3.63) is 24.3 Å². The quantitative estimate of drug-likeness (QED) is 0.593. The second kappa shape index (κ2) is 7.25. The van der Waals surface area contributed by atoms with Crippen molar-refractivity contribution < 1.29 is 28.9 Å². The van der Waals surface area contributed by atoms with Crippen LogP contribution in [0.4, 0.5) is 0 Å². The minimum atomic E-state index is -1.23. The van der Waals surface area contributed by atoms with Gasteiger partial charge in [-0.1, -0.05) is 12.1 Å². The topological polar surface area (TPSA) is 82.1 Å². The van der Waals surface area contributed by atoms with Gasteiger partial charge in [-0.2, -0.15) is 0 Å². The Labute approximate surface area is 110 Å². The molecule has 1 rings (SSSR count). The third-order valence-electron chi connectivity index (χ3n) is 2.52. The van der Waals surface area contributed by atoms with Crippen molar-refractivity contribution in [1.29, 1.82) is 0 Å². The van der Waals surface area contributed by atoms with Crippen molar-refractivity contribution in [3.63, 3.8) is 0 Å². The third-order valence-corrected chi connectivity index (χ3v) is 2.52. The number of carbonyl (C=O) groups excluding carboxylic acids is 1. The summed E-state index contributed by atoms with van der Waals surface area (Å²) in [4.78, 5) is 22.1. The zero-order chi connectivity index (χ0) is 14.3. The molecule has 0 heterocycles. The molecule has 0 aliphatic rings. The Kier molecular flexibility index (Phi) is 5.66. The number of aliphatic carboxylic acids is 1. The lowest BCUT2D eigenvalue weighted by molar-refractivity contribution is -0.157. The summed E-state index contributed by atoms with van der Waals surface area (Å²) < 4.78 is 14.9. The van der Waals surface area contributed by atoms with Gasteiger partial charge in [0.25, 0.3) is 0 Å². The summed E-state index contributed by atoms with van der Waals surface area (Å²) in [5.41, 5.74) is 0. The van der Waals surface area contributed by atoms with Gasteiger partial charge < -0.3 is 19.3 Å². The molecule has 0 fully saturated rings. The summed E-state index contributed by atoms with van der Waals surface area (Å²) in [6.07, 6.45) is 0.0278. The van der Waals surface area contributed by atoms with Gasteiger partial charge in [0.05, 0.1) is 20.8 Å². The molecule has 6 heteroatoms. The molecule has 19 heavy (non-hydrogen) atoms. The molecule has 0 saturated heterocycles. The Bertz CT molecular complexity index is 443. The van der Waals surface area contributed by atoms with E-state index in [1.807, 2.05) is 0 Å². The van der Waals surface area contributed by atoms with Crippen LogP contribution in [0.3, 0.4) is 0 Å². The lowest BCUT2D eigenvalue weighted by atomic mass is 10.1. The highest BCUT2D eigenvalue weighted by Crippen LogP contribution is 2.26. The van der Waals surface area contributed by atoms with Gasteiger partial charge in [-0.3, -0.25) is 9.59 Å². The highest BCUT2D eigenvalue weighted by molar-refractivity contribution is 5.93. The predicted octanol–water partition coefficient (Wildman–Crippen LogP) is 1.34. The summed E-state index contributed by atoms with van der Waals surface area (Å²) in [7, 11) is 2.66. The summed E-state index contributed by atoms with van der Waals surface area (Å²) in [5, 5.41) is 8.89. The zero-order valence-corrected chi connectivity index (χ0v) is 10.8. The molecule has 0 spiro atoms. The highest BCUT2D eigenvalue weighted by Gasteiger charge is 2.27. The molecular weight excluding hydrogens is 252 g/mol. The van der Waals surface area contributed by atoms with Crippen molar-refractivity contribution in [1.82, 2.24) is 0 Å². The van der Waals surface area contributed by atoms with Crippen molar-refractivity contribution in [2.24, 2.45) is 5.92 Å². The van der Waals surface area contributed by atoms with E-state index in [2.05, 4.69) is 4.74 Å². The molecule has 0 aliphatic carbocycles. The van der Waals surface area contributed by atoms with E-state index in [1.165, 1.54) is 7.11 Å². The molecule has 1 atom stereocenters. The third kappa shape index (κ3) is 4.17. The summed E-state index contributed by atoms with van der Waals surface area (Å²) in [6, 6.07) is 6.99. The molecule has 0 radical (unpaired) electrons. The maximum absolute atomic E-state index is 11.2. The first kappa shape index (κ1) is 14.8. The van der Waals surface area contributed by atoms with Crippen LogP contribution in [0.25, 0.3) is 0 Å². The Hall–Kier alpha value is -2.24. The Morgan fingerprint density at radius 2 is 1.84 bits per heavy atom. The fourth-order valence-electron chi connectivity index (χ4n) is 1.51. The summed E-state index contributed by atoms with van der Waals surface area (Å²) >= 11 is 0. The van der Waals surface area contributed by atoms with E-state index in [0.29, 0.717) is 11.5 Å². The number of methoxy groups -OCH3 is 2. The molecule has 0 amide bonds. The number of carboxylic acids is 1. The van der Waals surface area contributed by atoms with Crippen LogP contribution in [0.2, 0.25) is 0 Å². The minimum absolute atomic E-state index is 0.0278. The molecule has 0 aliphatic heterocycles. The first-order chi connectivity index (χ1) is 9.10. The molecule has 0 aromatic heterocycles. The molecule has 1 aromatic rings. The van der Waals surface area contributed by atoms with Crippen LogP contribution in [0.15, 0.2) is 24.3 Å². The molecule has 0 saturated carbocycles. The van der Waals surface area contributed by atoms with Crippen LogP contribution < -0.4 is 9.47 Å². The van der Waals surface area contributed by atoms with Gasteiger partial charge in [0.1, 0.15) is 0 Å². The fourth-order valence-corrected chi connectivity index (χ4v) is 1.51. The van der Waals surface area contributed by atoms with Gasteiger partial charge in [0.15, 0.2) is 17.4 Å². The van der Waals surface area contributed by atoms with Crippen LogP contribution in [-0.2, 0) is 14.3 Å². The summed E-state index contributed by atoms with van der Waals surface area (Å²) in [5.74, 6) is -2.18. The highest BCUT2D eigenvalue weighted by atomic mass is 16.5. The lowest BCUT2D eigenvalue weighted by Crippen LogP contribution is -2.26. The van der Waals surface area contributed by atoms with Gasteiger partial charge in [-0.05, 0) is 12.1 Å². The summed E-state index contributed by atoms with van der Waals surface area (Å²) in [6.45, 7) is 0.0758. The average molecular weight is 268 g/mol. The van der Waals surface area contributed by atoms with Crippen molar-refractivity contribution in [2.75, 3.05) is 20.8 Å². The Morgan fingerprint density at radius 3 is 2.37 bits per heavy atom. The van der Waals surface area contributed by atoms with Crippen molar-refractivity contribution in [2.45, 2.75) is 6.42 Å². The van der Waals surface area contributed by atoms with E-state index in [0.717, 1.165) is 7.11 Å². The molecule has 1 N–H and O–H groups in total. The number of esters is 1. The predicted molar refractivity (Wildman–Crippen MR) is 66.2 cm³/mol. The van der Waals surface area contributed by atoms with Crippen molar-refractivity contribution in [3.8, 4) is 11.5 Å². The van der Waals surface area contributed by atoms with E-state index in [4.69, 9.17) is 14.6 Å². The van der Waals surface area contributed by atoms with Crippen molar-refractivity contribution >= 4 is 11.9 Å². The van der Waals surface area contributed by atoms with E-state index in [1.54, 1.807) is 24.3 Å². The number of rotatable bonds is 7. The van der Waals surface area contributed by atoms with E-state index in [9.17, 15) is 9.59 Å². The number of carbonyl (C=O) groups is 2. The van der Waals surface area contributed by atoms with Gasteiger partial charge >= 0.3 is 11.9 Å². The fraction of sp³-hybridized carbons (Fsp3) is 0.385. The maximum Gasteiger partial charge on any atom is 0.320 e. The molecular formula is C13H16O6. The Morgan fingerprint density at radius 1 is 1.21 bits per heavy atom. The first-order valence-corrected chi connectivity index (χ1v) is 5.66. The van der Waals surface area contributed by atoms with Crippen LogP contribution >= 0.6 is 0 Å². The second-order valence-corrected chi connectivity index (χ2v) is 3.70. The van der Waals surface area contributed by atoms with E-state index < -0.39 is 17.9 Å². The standard InChI is InChI=1S/C13H16O6/c1-17-10-5-3-4-6-11(10)19-8-7-9(12(14)15)13(16)18-2/h3-6,9H,7-8H2,1-2H3,(H,14,15). The number of ether oxygens (including phenoxy) is 3. The SMILES string of the molecule is COC(=O)C(CCOc1ccccc1OC)C(=O)O. The second-order valence-electron chi connectivity index (χ2n) is 3.70. The van der Waals surface area contributed by atoms with Gasteiger partial charge in [-0.25, -0.2) is 0 Å². The number of hydrogen-bond acceptors (Lipinski definition) is 5. The van der Waals surface area contributed by atoms with Crippen LogP contribution in [0.5, 0.6) is 11.5 Å². The van der Waals surface area contributed by atoms with Gasteiger partial charge in [-0.15, -0.1) is 0 Å². The lowest BCUT2D eigenvalue weighted by Gasteiger charge is -2.12. The maximum atomic E-state index is 11.2. The van der Waals surface area contributed by atoms with Crippen LogP contribution in [-0.4, -0.2) is 37.9 Å².